The summed E-state index contributed by atoms with van der Waals surface area (Å²) >= 11 is 0. The van der Waals surface area contributed by atoms with E-state index < -0.39 is 35.9 Å². The lowest BCUT2D eigenvalue weighted by Gasteiger charge is -2.26. The van der Waals surface area contributed by atoms with Crippen molar-refractivity contribution in [3.05, 3.63) is 0 Å². The van der Waals surface area contributed by atoms with Crippen LogP contribution in [0.15, 0.2) is 0 Å². The van der Waals surface area contributed by atoms with Gasteiger partial charge in [-0.25, -0.2) is 4.79 Å². The Morgan fingerprint density at radius 2 is 1.76 bits per heavy atom. The summed E-state index contributed by atoms with van der Waals surface area (Å²) < 4.78 is 0. The molecule has 1 aliphatic heterocycles. The van der Waals surface area contributed by atoms with Gasteiger partial charge in [-0.15, -0.1) is 0 Å². The molecule has 1 fully saturated rings. The van der Waals surface area contributed by atoms with Crippen LogP contribution in [0.25, 0.3) is 0 Å². The zero-order valence-electron chi connectivity index (χ0n) is 17.5. The third-order valence-corrected chi connectivity index (χ3v) is 4.94. The van der Waals surface area contributed by atoms with Gasteiger partial charge in [-0.1, -0.05) is 13.8 Å². The quantitative estimate of drug-likeness (QED) is 0.225. The van der Waals surface area contributed by atoms with E-state index in [1.807, 2.05) is 0 Å². The van der Waals surface area contributed by atoms with Crippen LogP contribution >= 0.6 is 0 Å². The molecule has 0 aliphatic carbocycles. The van der Waals surface area contributed by atoms with Gasteiger partial charge >= 0.3 is 5.97 Å². The molecular formula is C19H35N5O5. The van der Waals surface area contributed by atoms with E-state index in [-0.39, 0.29) is 24.3 Å². The highest BCUT2D eigenvalue weighted by Crippen LogP contribution is 2.07. The lowest BCUT2D eigenvalue weighted by molar-refractivity contribution is -0.142. The highest BCUT2D eigenvalue weighted by molar-refractivity contribution is 5.94. The number of hydrogen-bond acceptors (Lipinski definition) is 6. The number of unbranched alkanes of at least 4 members (excludes halogenated alkanes) is 1. The molecule has 0 bridgehead atoms. The second-order valence-electron chi connectivity index (χ2n) is 7.79. The molecule has 7 N–H and O–H groups in total. The first-order chi connectivity index (χ1) is 13.7. The van der Waals surface area contributed by atoms with E-state index in [9.17, 15) is 24.3 Å². The predicted molar refractivity (Wildman–Crippen MR) is 108 cm³/mol. The van der Waals surface area contributed by atoms with Gasteiger partial charge in [0.25, 0.3) is 0 Å². The summed E-state index contributed by atoms with van der Waals surface area (Å²) in [7, 11) is 0. The van der Waals surface area contributed by atoms with Crippen molar-refractivity contribution in [3.8, 4) is 0 Å². The minimum atomic E-state index is -1.13. The molecule has 1 rings (SSSR count). The number of nitrogens with one attached hydrogen (secondary N) is 4. The minimum absolute atomic E-state index is 0.249. The number of nitrogens with two attached hydrogens (primary N) is 1. The van der Waals surface area contributed by atoms with Crippen molar-refractivity contribution in [1.29, 1.82) is 0 Å². The number of hydrogen-bond donors (Lipinski definition) is 6. The van der Waals surface area contributed by atoms with Crippen LogP contribution in [0.2, 0.25) is 0 Å². The minimum Gasteiger partial charge on any atom is -0.480 e. The van der Waals surface area contributed by atoms with E-state index in [2.05, 4.69) is 21.3 Å². The molecule has 0 radical (unpaired) electrons. The van der Waals surface area contributed by atoms with Gasteiger partial charge in [0.2, 0.25) is 17.7 Å². The maximum atomic E-state index is 12.6. The molecule has 10 nitrogen and oxygen atoms in total. The number of carboxylic acids is 1. The van der Waals surface area contributed by atoms with Crippen LogP contribution in [0.5, 0.6) is 0 Å². The normalized spacial score (nSPS) is 19.3. The number of aliphatic carboxylic acids is 1. The van der Waals surface area contributed by atoms with Crippen molar-refractivity contribution in [2.75, 3.05) is 13.1 Å². The molecule has 0 aromatic rings. The van der Waals surface area contributed by atoms with Gasteiger partial charge in [-0.2, -0.15) is 0 Å². The van der Waals surface area contributed by atoms with Crippen LogP contribution in [0.3, 0.4) is 0 Å². The smallest absolute Gasteiger partial charge is 0.326 e. The van der Waals surface area contributed by atoms with E-state index in [4.69, 9.17) is 5.73 Å². The van der Waals surface area contributed by atoms with E-state index >= 15 is 0 Å². The summed E-state index contributed by atoms with van der Waals surface area (Å²) in [6.45, 7) is 6.26. The first-order valence-corrected chi connectivity index (χ1v) is 10.2. The van der Waals surface area contributed by atoms with Gasteiger partial charge in [-0.3, -0.25) is 14.4 Å². The van der Waals surface area contributed by atoms with Crippen LogP contribution in [0.4, 0.5) is 0 Å². The first-order valence-electron chi connectivity index (χ1n) is 10.2. The second-order valence-corrected chi connectivity index (χ2v) is 7.79. The first kappa shape index (κ1) is 24.8. The molecular weight excluding hydrogens is 378 g/mol. The number of carbonyl (C=O) groups excluding carboxylic acids is 3. The Morgan fingerprint density at radius 3 is 2.28 bits per heavy atom. The maximum absolute atomic E-state index is 12.6. The second kappa shape index (κ2) is 12.4. The Kier molecular flexibility index (Phi) is 10.6. The molecule has 1 heterocycles. The Bertz CT molecular complexity index is 577. The van der Waals surface area contributed by atoms with Crippen LogP contribution in [-0.4, -0.2) is 66.1 Å². The van der Waals surface area contributed by atoms with Crippen LogP contribution in [0.1, 0.15) is 52.9 Å². The summed E-state index contributed by atoms with van der Waals surface area (Å²) in [5.41, 5.74) is 5.42. The van der Waals surface area contributed by atoms with Crippen molar-refractivity contribution in [1.82, 2.24) is 21.3 Å². The summed E-state index contributed by atoms with van der Waals surface area (Å²) in [5, 5.41) is 20.2. The molecule has 29 heavy (non-hydrogen) atoms. The Balaban J connectivity index is 2.64. The fraction of sp³-hybridized carbons (Fsp3) is 0.789. The van der Waals surface area contributed by atoms with Crippen molar-refractivity contribution in [2.45, 2.75) is 77.0 Å². The third-order valence-electron chi connectivity index (χ3n) is 4.94. The summed E-state index contributed by atoms with van der Waals surface area (Å²) in [6, 6.07) is -3.08. The SMILES string of the molecule is CC(NC(=O)C1CCCN1)C(=O)NC(C(=O)NC(CCCCN)C(=O)O)C(C)C. The van der Waals surface area contributed by atoms with Crippen molar-refractivity contribution < 1.29 is 24.3 Å². The monoisotopic (exact) mass is 413 g/mol. The largest absolute Gasteiger partial charge is 0.480 e. The number of carboxylic acid groups (broad SMARTS) is 1. The Morgan fingerprint density at radius 1 is 1.07 bits per heavy atom. The molecule has 166 valence electrons. The zero-order chi connectivity index (χ0) is 22.0. The molecule has 0 saturated carbocycles. The topological polar surface area (TPSA) is 163 Å². The fourth-order valence-electron chi connectivity index (χ4n) is 3.11. The Hall–Kier alpha value is -2.20. The van der Waals surface area contributed by atoms with Gasteiger partial charge in [0.05, 0.1) is 6.04 Å². The van der Waals surface area contributed by atoms with E-state index in [0.29, 0.717) is 19.4 Å². The molecule has 1 aliphatic rings. The Labute approximate surface area is 171 Å². The van der Waals surface area contributed by atoms with Gasteiger partial charge in [0, 0.05) is 0 Å². The third kappa shape index (κ3) is 8.36. The number of rotatable bonds is 12. The van der Waals surface area contributed by atoms with E-state index in [1.54, 1.807) is 20.8 Å². The average Bonchev–Trinajstić information content (AvgIpc) is 3.19. The van der Waals surface area contributed by atoms with Gasteiger partial charge in [0.1, 0.15) is 18.1 Å². The van der Waals surface area contributed by atoms with Crippen molar-refractivity contribution >= 4 is 23.7 Å². The molecule has 4 atom stereocenters. The zero-order valence-corrected chi connectivity index (χ0v) is 17.5. The molecule has 3 amide bonds. The molecule has 4 unspecified atom stereocenters. The lowest BCUT2D eigenvalue weighted by atomic mass is 10.0. The lowest BCUT2D eigenvalue weighted by Crippen LogP contribution is -2.57. The molecule has 1 saturated heterocycles. The highest BCUT2D eigenvalue weighted by atomic mass is 16.4. The van der Waals surface area contributed by atoms with Crippen LogP contribution in [-0.2, 0) is 19.2 Å². The summed E-state index contributed by atoms with van der Waals surface area (Å²) in [4.78, 5) is 48.7. The summed E-state index contributed by atoms with van der Waals surface area (Å²) in [5.74, 6) is -2.71. The summed E-state index contributed by atoms with van der Waals surface area (Å²) in [6.07, 6.45) is 3.13. The fourth-order valence-corrected chi connectivity index (χ4v) is 3.11. The molecule has 0 aromatic heterocycles. The number of amides is 3. The van der Waals surface area contributed by atoms with Gasteiger partial charge in [0.15, 0.2) is 0 Å². The standard InChI is InChI=1S/C19H35N5O5/c1-11(2)15(18(27)23-14(19(28)29)7-4-5-9-20)24-16(25)12(3)22-17(26)13-8-6-10-21-13/h11-15,21H,4-10,20H2,1-3H3,(H,22,26)(H,23,27)(H,24,25)(H,28,29). The van der Waals surface area contributed by atoms with Gasteiger partial charge < -0.3 is 32.1 Å². The van der Waals surface area contributed by atoms with Crippen molar-refractivity contribution in [3.63, 3.8) is 0 Å². The van der Waals surface area contributed by atoms with Crippen LogP contribution in [0, 0.1) is 5.92 Å². The predicted octanol–water partition coefficient (Wildman–Crippen LogP) is -0.918. The molecule has 10 heteroatoms. The highest BCUT2D eigenvalue weighted by Gasteiger charge is 2.31. The maximum Gasteiger partial charge on any atom is 0.326 e. The molecule has 0 aromatic carbocycles. The van der Waals surface area contributed by atoms with E-state index in [1.165, 1.54) is 0 Å². The average molecular weight is 414 g/mol. The van der Waals surface area contributed by atoms with Gasteiger partial charge in [-0.05, 0) is 58.0 Å². The van der Waals surface area contributed by atoms with Crippen molar-refractivity contribution in [2.24, 2.45) is 11.7 Å². The number of carbonyl (C=O) groups is 4. The van der Waals surface area contributed by atoms with Crippen LogP contribution < -0.4 is 27.0 Å². The van der Waals surface area contributed by atoms with E-state index in [0.717, 1.165) is 19.4 Å². The molecule has 0 spiro atoms.